The number of pyridine rings is 2. The van der Waals surface area contributed by atoms with Crippen molar-refractivity contribution in [2.75, 3.05) is 12.9 Å². The van der Waals surface area contributed by atoms with E-state index in [1.54, 1.807) is 6.20 Å². The maximum absolute atomic E-state index is 5.45. The topological polar surface area (TPSA) is 73.2 Å². The smallest absolute Gasteiger partial charge is 0.187 e. The summed E-state index contributed by atoms with van der Waals surface area (Å²) in [5, 5.41) is 4.91. The van der Waals surface area contributed by atoms with Crippen LogP contribution in [0.2, 0.25) is 0 Å². The number of oxime groups is 1. The lowest BCUT2D eigenvalue weighted by molar-refractivity contribution is 0.141. The van der Waals surface area contributed by atoms with Crippen molar-refractivity contribution < 1.29 is 4.84 Å². The molecular formula is C21H23N5OS. The monoisotopic (exact) mass is 393 g/mol. The minimum Gasteiger partial charge on any atom is -0.396 e. The average molecular weight is 394 g/mol. The minimum absolute atomic E-state index is 0.527. The van der Waals surface area contributed by atoms with Crippen LogP contribution in [0.3, 0.4) is 0 Å². The molecule has 0 N–H and O–H groups in total. The zero-order valence-electron chi connectivity index (χ0n) is 16.3. The molecule has 7 heteroatoms. The summed E-state index contributed by atoms with van der Waals surface area (Å²) in [5.74, 6) is 0. The highest BCUT2D eigenvalue weighted by atomic mass is 32.2. The number of hydrogen-bond acceptors (Lipinski definition) is 7. The summed E-state index contributed by atoms with van der Waals surface area (Å²) in [4.78, 5) is 23.3. The van der Waals surface area contributed by atoms with Gasteiger partial charge in [0.15, 0.2) is 5.16 Å². The summed E-state index contributed by atoms with van der Waals surface area (Å²) < 4.78 is 0. The fourth-order valence-corrected chi connectivity index (χ4v) is 2.95. The van der Waals surface area contributed by atoms with Gasteiger partial charge in [0.2, 0.25) is 0 Å². The predicted molar refractivity (Wildman–Crippen MR) is 113 cm³/mol. The van der Waals surface area contributed by atoms with Gasteiger partial charge in [-0.05, 0) is 63.3 Å². The van der Waals surface area contributed by atoms with Gasteiger partial charge < -0.3 is 4.84 Å². The maximum atomic E-state index is 5.45. The van der Waals surface area contributed by atoms with Crippen molar-refractivity contribution in [3.8, 4) is 11.4 Å². The zero-order chi connectivity index (χ0) is 19.8. The molecule has 0 unspecified atom stereocenters. The van der Waals surface area contributed by atoms with Gasteiger partial charge in [-0.1, -0.05) is 29.1 Å². The lowest BCUT2D eigenvalue weighted by Gasteiger charge is -2.05. The van der Waals surface area contributed by atoms with E-state index in [0.717, 1.165) is 52.2 Å². The Morgan fingerprint density at radius 3 is 2.68 bits per heavy atom. The number of nitrogens with zero attached hydrogens (tertiary/aromatic N) is 5. The van der Waals surface area contributed by atoms with Gasteiger partial charge in [0, 0.05) is 17.6 Å². The van der Waals surface area contributed by atoms with Crippen molar-refractivity contribution in [2.45, 2.75) is 31.8 Å². The van der Waals surface area contributed by atoms with E-state index in [0.29, 0.717) is 6.61 Å². The van der Waals surface area contributed by atoms with Crippen LogP contribution in [0.15, 0.2) is 59.0 Å². The molecule has 3 aromatic heterocycles. The van der Waals surface area contributed by atoms with Crippen LogP contribution >= 0.6 is 11.8 Å². The summed E-state index contributed by atoms with van der Waals surface area (Å²) in [5.41, 5.74) is 5.28. The average Bonchev–Trinajstić information content (AvgIpc) is 2.73. The molecule has 3 rings (SSSR count). The van der Waals surface area contributed by atoms with E-state index in [9.17, 15) is 0 Å². The summed E-state index contributed by atoms with van der Waals surface area (Å²) in [6.07, 6.45) is 5.36. The van der Waals surface area contributed by atoms with E-state index in [2.05, 4.69) is 20.1 Å². The summed E-state index contributed by atoms with van der Waals surface area (Å²) in [6.45, 7) is 4.39. The van der Waals surface area contributed by atoms with Gasteiger partial charge in [0.25, 0.3) is 0 Å². The number of rotatable bonds is 8. The third kappa shape index (κ3) is 5.60. The molecule has 0 aliphatic heterocycles. The second kappa shape index (κ2) is 9.94. The van der Waals surface area contributed by atoms with Crippen LogP contribution in [0, 0.1) is 6.92 Å². The molecule has 0 radical (unpaired) electrons. The van der Waals surface area contributed by atoms with Gasteiger partial charge in [0.05, 0.1) is 17.1 Å². The largest absolute Gasteiger partial charge is 0.396 e. The van der Waals surface area contributed by atoms with Crippen molar-refractivity contribution >= 4 is 17.5 Å². The van der Waals surface area contributed by atoms with Crippen LogP contribution in [0.5, 0.6) is 0 Å². The zero-order valence-corrected chi connectivity index (χ0v) is 17.1. The van der Waals surface area contributed by atoms with Crippen molar-refractivity contribution in [2.24, 2.45) is 5.16 Å². The Labute approximate surface area is 169 Å². The van der Waals surface area contributed by atoms with Gasteiger partial charge in [-0.25, -0.2) is 9.97 Å². The SMILES string of the molecule is CSc1nccc(-c2cccc(CCCON=C(C)c3cccc(C)n3)n2)n1. The normalized spacial score (nSPS) is 11.5. The van der Waals surface area contributed by atoms with Crippen LogP contribution in [0.25, 0.3) is 11.4 Å². The summed E-state index contributed by atoms with van der Waals surface area (Å²) in [6, 6.07) is 13.7. The van der Waals surface area contributed by atoms with Gasteiger partial charge in [-0.3, -0.25) is 9.97 Å². The highest BCUT2D eigenvalue weighted by Gasteiger charge is 2.05. The molecule has 0 amide bonds. The Morgan fingerprint density at radius 2 is 1.86 bits per heavy atom. The first-order valence-corrected chi connectivity index (χ1v) is 10.3. The van der Waals surface area contributed by atoms with Crippen molar-refractivity contribution in [1.82, 2.24) is 19.9 Å². The Balaban J connectivity index is 1.53. The molecule has 0 aliphatic carbocycles. The van der Waals surface area contributed by atoms with Gasteiger partial charge >= 0.3 is 0 Å². The molecule has 0 saturated heterocycles. The van der Waals surface area contributed by atoms with Gasteiger partial charge in [-0.15, -0.1) is 0 Å². The van der Waals surface area contributed by atoms with Crippen molar-refractivity contribution in [1.29, 1.82) is 0 Å². The third-order valence-electron chi connectivity index (χ3n) is 4.01. The first-order chi connectivity index (χ1) is 13.7. The Morgan fingerprint density at radius 1 is 1.04 bits per heavy atom. The lowest BCUT2D eigenvalue weighted by atomic mass is 10.2. The van der Waals surface area contributed by atoms with E-state index < -0.39 is 0 Å². The van der Waals surface area contributed by atoms with E-state index in [1.165, 1.54) is 11.8 Å². The number of thioether (sulfide) groups is 1. The van der Waals surface area contributed by atoms with E-state index in [-0.39, 0.29) is 0 Å². The number of aromatic nitrogens is 4. The van der Waals surface area contributed by atoms with Crippen LogP contribution in [-0.4, -0.2) is 38.5 Å². The molecule has 28 heavy (non-hydrogen) atoms. The fourth-order valence-electron chi connectivity index (χ4n) is 2.59. The van der Waals surface area contributed by atoms with E-state index >= 15 is 0 Å². The van der Waals surface area contributed by atoms with Gasteiger partial charge in [0.1, 0.15) is 12.3 Å². The van der Waals surface area contributed by atoms with Gasteiger partial charge in [-0.2, -0.15) is 0 Å². The molecule has 0 aromatic carbocycles. The highest BCUT2D eigenvalue weighted by Crippen LogP contribution is 2.17. The Bertz CT molecular complexity index is 961. The molecule has 0 saturated carbocycles. The predicted octanol–water partition coefficient (Wildman–Crippen LogP) is 4.34. The van der Waals surface area contributed by atoms with Crippen LogP contribution in [-0.2, 0) is 11.3 Å². The van der Waals surface area contributed by atoms with Crippen molar-refractivity contribution in [3.63, 3.8) is 0 Å². The molecule has 0 bridgehead atoms. The quantitative estimate of drug-likeness (QED) is 0.186. The van der Waals surface area contributed by atoms with Crippen LogP contribution in [0.1, 0.15) is 30.4 Å². The summed E-state index contributed by atoms with van der Waals surface area (Å²) in [7, 11) is 0. The Kier molecular flexibility index (Phi) is 7.08. The van der Waals surface area contributed by atoms with Crippen LogP contribution < -0.4 is 0 Å². The first-order valence-electron chi connectivity index (χ1n) is 9.09. The molecule has 6 nitrogen and oxygen atoms in total. The second-order valence-corrected chi connectivity index (χ2v) is 6.99. The Hall–Kier alpha value is -2.80. The second-order valence-electron chi connectivity index (χ2n) is 6.22. The molecule has 0 fully saturated rings. The van der Waals surface area contributed by atoms with Crippen molar-refractivity contribution in [3.05, 3.63) is 65.7 Å². The molecule has 144 valence electrons. The highest BCUT2D eigenvalue weighted by molar-refractivity contribution is 7.98. The first kappa shape index (κ1) is 19.9. The molecule has 0 spiro atoms. The maximum Gasteiger partial charge on any atom is 0.187 e. The summed E-state index contributed by atoms with van der Waals surface area (Å²) >= 11 is 1.52. The lowest BCUT2D eigenvalue weighted by Crippen LogP contribution is -2.02. The molecule has 3 aromatic rings. The molecule has 0 atom stereocenters. The molecule has 3 heterocycles. The van der Waals surface area contributed by atoms with E-state index in [4.69, 9.17) is 9.82 Å². The molecule has 0 aliphatic rings. The standard InChI is InChI=1S/C21H23N5OS/c1-15-7-4-10-18(23-15)16(2)26-27-14-6-9-17-8-5-11-19(24-17)20-12-13-22-21(25-20)28-3/h4-5,7-8,10-13H,6,9,14H2,1-3H3. The fraction of sp³-hybridized carbons (Fsp3) is 0.286. The minimum atomic E-state index is 0.527. The third-order valence-corrected chi connectivity index (χ3v) is 4.58. The molecular weight excluding hydrogens is 370 g/mol. The number of aryl methyl sites for hydroxylation is 2. The van der Waals surface area contributed by atoms with Crippen LogP contribution in [0.4, 0.5) is 0 Å². The number of hydrogen-bond donors (Lipinski definition) is 0. The van der Waals surface area contributed by atoms with E-state index in [1.807, 2.05) is 62.6 Å².